The highest BCUT2D eigenvalue weighted by Crippen LogP contribution is 2.34. The van der Waals surface area contributed by atoms with Crippen molar-refractivity contribution in [3.63, 3.8) is 0 Å². The van der Waals surface area contributed by atoms with Crippen LogP contribution in [0.5, 0.6) is 0 Å². The molecule has 0 aromatic heterocycles. The molecule has 0 bridgehead atoms. The summed E-state index contributed by atoms with van der Waals surface area (Å²) in [5, 5.41) is 3.68. The van der Waals surface area contributed by atoms with Crippen molar-refractivity contribution in [3.8, 4) is 0 Å². The maximum Gasteiger partial charge on any atom is 0.0749 e. The van der Waals surface area contributed by atoms with Gasteiger partial charge < -0.3 is 10.1 Å². The molecule has 2 unspecified atom stereocenters. The Morgan fingerprint density at radius 2 is 2.06 bits per heavy atom. The van der Waals surface area contributed by atoms with Crippen LogP contribution in [0.2, 0.25) is 0 Å². The number of hydrogen-bond donors (Lipinski definition) is 1. The van der Waals surface area contributed by atoms with Crippen molar-refractivity contribution in [2.24, 2.45) is 5.92 Å². The smallest absolute Gasteiger partial charge is 0.0749 e. The quantitative estimate of drug-likeness (QED) is 0.786. The minimum Gasteiger partial charge on any atom is -0.377 e. The van der Waals surface area contributed by atoms with Gasteiger partial charge in [0.05, 0.1) is 5.60 Å². The molecule has 94 valence electrons. The summed E-state index contributed by atoms with van der Waals surface area (Å²) in [5.74, 6) is 0.945. The van der Waals surface area contributed by atoms with Crippen molar-refractivity contribution in [1.29, 1.82) is 0 Å². The number of hydrogen-bond acceptors (Lipinski definition) is 3. The van der Waals surface area contributed by atoms with Gasteiger partial charge in [0, 0.05) is 38.8 Å². The summed E-state index contributed by atoms with van der Waals surface area (Å²) >= 11 is 0. The average molecular weight is 226 g/mol. The fourth-order valence-electron chi connectivity index (χ4n) is 2.54. The minimum atomic E-state index is -0.0281. The average Bonchev–Trinajstić information content (AvgIpc) is 3.05. The van der Waals surface area contributed by atoms with E-state index in [0.29, 0.717) is 6.04 Å². The van der Waals surface area contributed by atoms with Gasteiger partial charge in [-0.25, -0.2) is 0 Å². The molecule has 1 saturated carbocycles. The normalized spacial score (nSPS) is 33.0. The van der Waals surface area contributed by atoms with Crippen molar-refractivity contribution < 1.29 is 4.74 Å². The van der Waals surface area contributed by atoms with Gasteiger partial charge in [0.25, 0.3) is 0 Å². The monoisotopic (exact) mass is 226 g/mol. The topological polar surface area (TPSA) is 24.5 Å². The van der Waals surface area contributed by atoms with Crippen molar-refractivity contribution >= 4 is 0 Å². The van der Waals surface area contributed by atoms with Crippen molar-refractivity contribution in [2.45, 2.75) is 51.3 Å². The summed E-state index contributed by atoms with van der Waals surface area (Å²) in [5.41, 5.74) is -0.0281. The predicted molar refractivity (Wildman–Crippen MR) is 66.6 cm³/mol. The second-order valence-corrected chi connectivity index (χ2v) is 6.09. The van der Waals surface area contributed by atoms with E-state index in [4.69, 9.17) is 4.74 Å². The first-order valence-corrected chi connectivity index (χ1v) is 6.54. The third kappa shape index (κ3) is 2.96. The van der Waals surface area contributed by atoms with E-state index < -0.39 is 0 Å². The second-order valence-electron chi connectivity index (χ2n) is 6.09. The molecule has 1 heterocycles. The van der Waals surface area contributed by atoms with Crippen molar-refractivity contribution in [1.82, 2.24) is 10.2 Å². The Morgan fingerprint density at radius 1 is 1.38 bits per heavy atom. The molecule has 1 aliphatic heterocycles. The van der Waals surface area contributed by atoms with E-state index >= 15 is 0 Å². The molecule has 2 fully saturated rings. The van der Waals surface area contributed by atoms with E-state index in [9.17, 15) is 0 Å². The Morgan fingerprint density at radius 3 is 2.62 bits per heavy atom. The maximum atomic E-state index is 5.54. The molecule has 2 aliphatic rings. The molecule has 1 N–H and O–H groups in total. The highest BCUT2D eigenvalue weighted by atomic mass is 16.5. The number of piperazine rings is 1. The summed E-state index contributed by atoms with van der Waals surface area (Å²) < 4.78 is 5.54. The third-order valence-corrected chi connectivity index (χ3v) is 4.06. The fraction of sp³-hybridized carbons (Fsp3) is 1.00. The van der Waals surface area contributed by atoms with Gasteiger partial charge >= 0.3 is 0 Å². The fourth-order valence-corrected chi connectivity index (χ4v) is 2.54. The maximum absolute atomic E-state index is 5.54. The van der Waals surface area contributed by atoms with E-state index in [1.54, 1.807) is 0 Å². The van der Waals surface area contributed by atoms with E-state index in [2.05, 4.69) is 31.0 Å². The van der Waals surface area contributed by atoms with Gasteiger partial charge in [-0.05, 0) is 39.5 Å². The molecule has 3 nitrogen and oxygen atoms in total. The molecule has 0 amide bonds. The van der Waals surface area contributed by atoms with Gasteiger partial charge in [0.15, 0.2) is 0 Å². The van der Waals surface area contributed by atoms with E-state index in [1.165, 1.54) is 19.4 Å². The summed E-state index contributed by atoms with van der Waals surface area (Å²) in [6.45, 7) is 10.0. The zero-order valence-electron chi connectivity index (χ0n) is 11.1. The zero-order valence-corrected chi connectivity index (χ0v) is 11.1. The van der Waals surface area contributed by atoms with Crippen LogP contribution in [0.3, 0.4) is 0 Å². The Labute approximate surface area is 99.5 Å². The number of ether oxygens (including phenoxy) is 1. The Bertz CT molecular complexity index is 238. The second kappa shape index (κ2) is 4.63. The van der Waals surface area contributed by atoms with E-state index in [-0.39, 0.29) is 5.60 Å². The van der Waals surface area contributed by atoms with E-state index in [1.807, 2.05) is 7.11 Å². The van der Waals surface area contributed by atoms with Gasteiger partial charge in [-0.3, -0.25) is 4.90 Å². The zero-order chi connectivity index (χ0) is 11.8. The molecule has 2 rings (SSSR count). The van der Waals surface area contributed by atoms with Crippen molar-refractivity contribution in [2.75, 3.05) is 26.7 Å². The van der Waals surface area contributed by atoms with Crippen LogP contribution in [0.4, 0.5) is 0 Å². The van der Waals surface area contributed by atoms with Crippen LogP contribution in [0.25, 0.3) is 0 Å². The van der Waals surface area contributed by atoms with Crippen LogP contribution < -0.4 is 5.32 Å². The Balaban J connectivity index is 1.90. The summed E-state index contributed by atoms with van der Waals surface area (Å²) in [4.78, 5) is 2.59. The SMILES string of the molecule is COC(C)(C)CN1CC(C2CC2)NCC1C. The van der Waals surface area contributed by atoms with Gasteiger partial charge in [0.2, 0.25) is 0 Å². The predicted octanol–water partition coefficient (Wildman–Crippen LogP) is 1.48. The minimum absolute atomic E-state index is 0.0281. The first-order chi connectivity index (χ1) is 7.52. The van der Waals surface area contributed by atoms with Gasteiger partial charge in [-0.1, -0.05) is 0 Å². The lowest BCUT2D eigenvalue weighted by atomic mass is 10.0. The highest BCUT2D eigenvalue weighted by Gasteiger charge is 2.37. The molecule has 0 spiro atoms. The molecular weight excluding hydrogens is 200 g/mol. The van der Waals surface area contributed by atoms with Gasteiger partial charge in [0.1, 0.15) is 0 Å². The lowest BCUT2D eigenvalue weighted by Gasteiger charge is -2.42. The van der Waals surface area contributed by atoms with Crippen molar-refractivity contribution in [3.05, 3.63) is 0 Å². The molecule has 0 aromatic rings. The van der Waals surface area contributed by atoms with Crippen LogP contribution in [0.15, 0.2) is 0 Å². The molecule has 1 saturated heterocycles. The Kier molecular flexibility index (Phi) is 3.57. The lowest BCUT2D eigenvalue weighted by molar-refractivity contribution is -0.0255. The first kappa shape index (κ1) is 12.3. The summed E-state index contributed by atoms with van der Waals surface area (Å²) in [7, 11) is 1.81. The number of nitrogens with zero attached hydrogens (tertiary/aromatic N) is 1. The largest absolute Gasteiger partial charge is 0.377 e. The van der Waals surface area contributed by atoms with Gasteiger partial charge in [-0.15, -0.1) is 0 Å². The molecule has 3 heteroatoms. The number of methoxy groups -OCH3 is 1. The van der Waals surface area contributed by atoms with Crippen LogP contribution in [0, 0.1) is 5.92 Å². The first-order valence-electron chi connectivity index (χ1n) is 6.54. The van der Waals surface area contributed by atoms with Gasteiger partial charge in [-0.2, -0.15) is 0 Å². The van der Waals surface area contributed by atoms with Crippen LogP contribution >= 0.6 is 0 Å². The highest BCUT2D eigenvalue weighted by molar-refractivity contribution is 4.94. The molecule has 1 aliphatic carbocycles. The lowest BCUT2D eigenvalue weighted by Crippen LogP contribution is -2.59. The molecule has 2 atom stereocenters. The number of nitrogens with one attached hydrogen (secondary N) is 1. The summed E-state index contributed by atoms with van der Waals surface area (Å²) in [6.07, 6.45) is 2.85. The molecule has 16 heavy (non-hydrogen) atoms. The van der Waals surface area contributed by atoms with E-state index in [0.717, 1.165) is 25.0 Å². The van der Waals surface area contributed by atoms with Crippen LogP contribution in [0.1, 0.15) is 33.6 Å². The molecular formula is C13H26N2O. The molecule has 0 aromatic carbocycles. The van der Waals surface area contributed by atoms with Crippen LogP contribution in [-0.2, 0) is 4.74 Å². The number of rotatable bonds is 4. The standard InChI is InChI=1S/C13H26N2O/c1-10-7-14-12(11-5-6-11)8-15(10)9-13(2,3)16-4/h10-12,14H,5-9H2,1-4H3. The summed E-state index contributed by atoms with van der Waals surface area (Å²) in [6, 6.07) is 1.35. The molecule has 0 radical (unpaired) electrons. The third-order valence-electron chi connectivity index (χ3n) is 4.06. The van der Waals surface area contributed by atoms with Crippen LogP contribution in [-0.4, -0.2) is 49.3 Å². The Hall–Kier alpha value is -0.120.